The minimum Gasteiger partial charge on any atom is -0.361 e. The van der Waals surface area contributed by atoms with E-state index in [1.54, 1.807) is 0 Å². The largest absolute Gasteiger partial charge is 0.361 e. The minimum atomic E-state index is -0.156. The average Bonchev–Trinajstić information content (AvgIpc) is 3.02. The van der Waals surface area contributed by atoms with Crippen molar-refractivity contribution >= 4 is 21.4 Å². The maximum absolute atomic E-state index is 12.0. The molecule has 0 saturated heterocycles. The lowest BCUT2D eigenvalue weighted by molar-refractivity contribution is 0.392. The topological polar surface area (TPSA) is 85.3 Å². The molecule has 7 nitrogen and oxygen atoms in total. The van der Waals surface area contributed by atoms with Gasteiger partial charge in [-0.2, -0.15) is 4.52 Å². The number of aryl methyl sites for hydroxylation is 3. The van der Waals surface area contributed by atoms with Gasteiger partial charge >= 0.3 is 0 Å². The van der Waals surface area contributed by atoms with E-state index in [0.717, 1.165) is 29.1 Å². The highest BCUT2D eigenvalue weighted by atomic mass is 32.1. The van der Waals surface area contributed by atoms with E-state index in [4.69, 9.17) is 4.52 Å². The first-order valence-electron chi connectivity index (χ1n) is 7.08. The molecule has 0 aromatic carbocycles. The van der Waals surface area contributed by atoms with Crippen molar-refractivity contribution in [1.29, 1.82) is 0 Å². The average molecular weight is 319 g/mol. The molecule has 1 atom stereocenters. The lowest BCUT2D eigenvalue weighted by Gasteiger charge is -2.11. The number of anilines is 1. The first kappa shape index (κ1) is 14.7. The molecule has 0 amide bonds. The number of fused-ring (bicyclic) bond motifs is 1. The number of aromatic nitrogens is 4. The zero-order chi connectivity index (χ0) is 15.9. The van der Waals surface area contributed by atoms with E-state index in [9.17, 15) is 4.79 Å². The molecule has 3 aromatic rings. The van der Waals surface area contributed by atoms with Crippen LogP contribution in [-0.2, 0) is 6.42 Å². The van der Waals surface area contributed by atoms with Gasteiger partial charge in [-0.15, -0.1) is 5.10 Å². The Morgan fingerprint density at radius 2 is 2.23 bits per heavy atom. The Balaban J connectivity index is 1.94. The minimum absolute atomic E-state index is 0.0202. The Bertz CT molecular complexity index is 860. The standard InChI is InChI=1S/C14H17N5O2S/c1-5-10-6-11(20)19-14(16-10)22-13(17-19)15-7(2)12-8(3)18-21-9(12)4/h6-7H,5H2,1-4H3,(H,15,17). The zero-order valence-corrected chi connectivity index (χ0v) is 13.7. The molecule has 1 N–H and O–H groups in total. The summed E-state index contributed by atoms with van der Waals surface area (Å²) in [6.07, 6.45) is 0.724. The van der Waals surface area contributed by atoms with Crippen LogP contribution in [0, 0.1) is 13.8 Å². The van der Waals surface area contributed by atoms with Gasteiger partial charge in [0.15, 0.2) is 0 Å². The summed E-state index contributed by atoms with van der Waals surface area (Å²) in [5, 5.41) is 12.2. The Morgan fingerprint density at radius 3 is 2.86 bits per heavy atom. The summed E-state index contributed by atoms with van der Waals surface area (Å²) in [6.45, 7) is 7.76. The van der Waals surface area contributed by atoms with Crippen molar-refractivity contribution in [3.05, 3.63) is 39.1 Å². The van der Waals surface area contributed by atoms with Crippen molar-refractivity contribution in [1.82, 2.24) is 19.8 Å². The van der Waals surface area contributed by atoms with Crippen LogP contribution in [0.3, 0.4) is 0 Å². The lowest BCUT2D eigenvalue weighted by atomic mass is 10.1. The van der Waals surface area contributed by atoms with E-state index in [2.05, 4.69) is 20.6 Å². The summed E-state index contributed by atoms with van der Waals surface area (Å²) < 4.78 is 6.51. The molecule has 0 radical (unpaired) electrons. The van der Waals surface area contributed by atoms with Gasteiger partial charge in [0, 0.05) is 17.3 Å². The van der Waals surface area contributed by atoms with Gasteiger partial charge in [0.2, 0.25) is 10.1 Å². The SMILES string of the molecule is CCc1cc(=O)n2nc(NC(C)c3c(C)noc3C)sc2n1. The molecule has 3 aromatic heterocycles. The van der Waals surface area contributed by atoms with Crippen LogP contribution in [0.15, 0.2) is 15.4 Å². The maximum Gasteiger partial charge on any atom is 0.275 e. The zero-order valence-electron chi connectivity index (χ0n) is 12.9. The molecule has 0 aliphatic heterocycles. The lowest BCUT2D eigenvalue weighted by Crippen LogP contribution is -2.15. The summed E-state index contributed by atoms with van der Waals surface area (Å²) in [7, 11) is 0. The molecule has 0 aliphatic rings. The van der Waals surface area contributed by atoms with Crippen LogP contribution in [-0.4, -0.2) is 19.8 Å². The Hall–Kier alpha value is -2.22. The van der Waals surface area contributed by atoms with Gasteiger partial charge in [-0.05, 0) is 27.2 Å². The molecular weight excluding hydrogens is 302 g/mol. The third kappa shape index (κ3) is 2.50. The summed E-state index contributed by atoms with van der Waals surface area (Å²) in [5.74, 6) is 0.780. The van der Waals surface area contributed by atoms with Crippen LogP contribution >= 0.6 is 11.3 Å². The molecule has 3 heterocycles. The van der Waals surface area contributed by atoms with Crippen LogP contribution in [0.25, 0.3) is 4.96 Å². The third-order valence-corrected chi connectivity index (χ3v) is 4.36. The molecule has 116 valence electrons. The van der Waals surface area contributed by atoms with Gasteiger partial charge in [0.25, 0.3) is 5.56 Å². The number of hydrogen-bond acceptors (Lipinski definition) is 7. The van der Waals surface area contributed by atoms with E-state index in [0.29, 0.717) is 10.1 Å². The van der Waals surface area contributed by atoms with Gasteiger partial charge in [-0.1, -0.05) is 23.4 Å². The van der Waals surface area contributed by atoms with E-state index < -0.39 is 0 Å². The second-order valence-corrected chi connectivity index (χ2v) is 6.10. The Labute approximate surface area is 131 Å². The number of nitrogens with zero attached hydrogens (tertiary/aromatic N) is 4. The molecule has 0 aliphatic carbocycles. The van der Waals surface area contributed by atoms with Crippen LogP contribution < -0.4 is 10.9 Å². The number of hydrogen-bond donors (Lipinski definition) is 1. The highest BCUT2D eigenvalue weighted by Crippen LogP contribution is 2.26. The van der Waals surface area contributed by atoms with Crippen LogP contribution in [0.1, 0.15) is 42.6 Å². The van der Waals surface area contributed by atoms with Crippen molar-refractivity contribution in [3.8, 4) is 0 Å². The van der Waals surface area contributed by atoms with Crippen molar-refractivity contribution < 1.29 is 4.52 Å². The van der Waals surface area contributed by atoms with E-state index in [-0.39, 0.29) is 11.6 Å². The quantitative estimate of drug-likeness (QED) is 0.795. The van der Waals surface area contributed by atoms with Gasteiger partial charge in [-0.25, -0.2) is 4.98 Å². The molecule has 0 fully saturated rings. The summed E-state index contributed by atoms with van der Waals surface area (Å²) in [4.78, 5) is 17.0. The van der Waals surface area contributed by atoms with Crippen molar-refractivity contribution in [2.24, 2.45) is 0 Å². The molecule has 22 heavy (non-hydrogen) atoms. The molecule has 8 heteroatoms. The van der Waals surface area contributed by atoms with Crippen molar-refractivity contribution in [3.63, 3.8) is 0 Å². The van der Waals surface area contributed by atoms with Gasteiger partial charge < -0.3 is 9.84 Å². The van der Waals surface area contributed by atoms with Gasteiger partial charge in [-0.3, -0.25) is 4.79 Å². The van der Waals surface area contributed by atoms with E-state index in [1.807, 2.05) is 27.7 Å². The van der Waals surface area contributed by atoms with Gasteiger partial charge in [0.05, 0.1) is 11.7 Å². The molecular formula is C14H17N5O2S. The van der Waals surface area contributed by atoms with E-state index >= 15 is 0 Å². The fourth-order valence-electron chi connectivity index (χ4n) is 2.46. The summed E-state index contributed by atoms with van der Waals surface area (Å²) >= 11 is 1.36. The second kappa shape index (κ2) is 5.53. The second-order valence-electron chi connectivity index (χ2n) is 5.14. The molecule has 3 rings (SSSR count). The highest BCUT2D eigenvalue weighted by molar-refractivity contribution is 7.20. The Kier molecular flexibility index (Phi) is 3.69. The third-order valence-electron chi connectivity index (χ3n) is 3.52. The fraction of sp³-hybridized carbons (Fsp3) is 0.429. The van der Waals surface area contributed by atoms with E-state index in [1.165, 1.54) is 21.9 Å². The predicted molar refractivity (Wildman–Crippen MR) is 84.5 cm³/mol. The van der Waals surface area contributed by atoms with Crippen LogP contribution in [0.4, 0.5) is 5.13 Å². The molecule has 1 unspecified atom stereocenters. The number of rotatable bonds is 4. The van der Waals surface area contributed by atoms with Crippen molar-refractivity contribution in [2.45, 2.75) is 40.2 Å². The monoisotopic (exact) mass is 319 g/mol. The maximum atomic E-state index is 12.0. The summed E-state index contributed by atoms with van der Waals surface area (Å²) in [5.41, 5.74) is 2.48. The first-order chi connectivity index (χ1) is 10.5. The highest BCUT2D eigenvalue weighted by Gasteiger charge is 2.18. The number of nitrogens with one attached hydrogen (secondary N) is 1. The van der Waals surface area contributed by atoms with Gasteiger partial charge in [0.1, 0.15) is 5.76 Å². The Morgan fingerprint density at radius 1 is 1.45 bits per heavy atom. The smallest absolute Gasteiger partial charge is 0.275 e. The molecule has 0 spiro atoms. The molecule has 0 saturated carbocycles. The summed E-state index contributed by atoms with van der Waals surface area (Å²) in [6, 6.07) is 1.50. The van der Waals surface area contributed by atoms with Crippen LogP contribution in [0.2, 0.25) is 0 Å². The normalized spacial score (nSPS) is 12.7. The van der Waals surface area contributed by atoms with Crippen LogP contribution in [0.5, 0.6) is 0 Å². The van der Waals surface area contributed by atoms with Crippen molar-refractivity contribution in [2.75, 3.05) is 5.32 Å². The fourth-order valence-corrected chi connectivity index (χ4v) is 3.37. The molecule has 0 bridgehead atoms. The first-order valence-corrected chi connectivity index (χ1v) is 7.90. The predicted octanol–water partition coefficient (Wildman–Crippen LogP) is 2.49.